The minimum atomic E-state index is 0. The number of para-hydroxylation sites is 1. The molecule has 3 rings (SSSR count). The molecule has 1 N–H and O–H groups in total. The van der Waals surface area contributed by atoms with Gasteiger partial charge in [0.15, 0.2) is 5.96 Å². The summed E-state index contributed by atoms with van der Waals surface area (Å²) in [5.41, 5.74) is 2.74. The van der Waals surface area contributed by atoms with Crippen LogP contribution in [0.1, 0.15) is 18.9 Å². The predicted octanol–water partition coefficient (Wildman–Crippen LogP) is 2.58. The number of hydrogen-bond donors (Lipinski definition) is 1. The van der Waals surface area contributed by atoms with E-state index in [4.69, 9.17) is 0 Å². The molecule has 22 heavy (non-hydrogen) atoms. The monoisotopic (exact) mass is 414 g/mol. The van der Waals surface area contributed by atoms with Gasteiger partial charge in [-0.2, -0.15) is 0 Å². The first-order valence-electron chi connectivity index (χ1n) is 8.10. The van der Waals surface area contributed by atoms with Crippen molar-refractivity contribution in [2.45, 2.75) is 19.8 Å². The van der Waals surface area contributed by atoms with Gasteiger partial charge in [-0.3, -0.25) is 4.99 Å². The van der Waals surface area contributed by atoms with Crippen molar-refractivity contribution in [3.05, 3.63) is 29.8 Å². The molecular formula is C17H27IN4. The molecule has 1 saturated heterocycles. The third kappa shape index (κ3) is 3.74. The van der Waals surface area contributed by atoms with E-state index in [1.165, 1.54) is 37.3 Å². The molecule has 2 aliphatic rings. The van der Waals surface area contributed by atoms with E-state index < -0.39 is 0 Å². The molecule has 2 heterocycles. The predicted molar refractivity (Wildman–Crippen MR) is 104 cm³/mol. The molecule has 4 nitrogen and oxygen atoms in total. The quantitative estimate of drug-likeness (QED) is 0.469. The molecule has 0 spiro atoms. The highest BCUT2D eigenvalue weighted by Crippen LogP contribution is 2.27. The van der Waals surface area contributed by atoms with Gasteiger partial charge >= 0.3 is 0 Å². The number of rotatable bonds is 3. The first-order chi connectivity index (χ1) is 10.3. The molecule has 1 aromatic carbocycles. The van der Waals surface area contributed by atoms with E-state index in [1.54, 1.807) is 0 Å². The number of nitrogens with one attached hydrogen (secondary N) is 1. The van der Waals surface area contributed by atoms with Crippen LogP contribution in [0.4, 0.5) is 5.69 Å². The lowest BCUT2D eigenvalue weighted by Crippen LogP contribution is -2.42. The van der Waals surface area contributed by atoms with Gasteiger partial charge in [-0.05, 0) is 43.5 Å². The zero-order valence-electron chi connectivity index (χ0n) is 13.6. The fourth-order valence-corrected chi connectivity index (χ4v) is 3.46. The molecule has 1 aromatic rings. The molecule has 1 fully saturated rings. The van der Waals surface area contributed by atoms with Gasteiger partial charge in [0.05, 0.1) is 0 Å². The van der Waals surface area contributed by atoms with E-state index >= 15 is 0 Å². The maximum Gasteiger partial charge on any atom is 0.198 e. The number of guanidine groups is 1. The SMILES string of the molecule is CCN1CCC(CNC(=NC)N2CCc3ccccc32)C1.I. The van der Waals surface area contributed by atoms with Crippen molar-refractivity contribution < 1.29 is 0 Å². The highest BCUT2D eigenvalue weighted by molar-refractivity contribution is 14.0. The van der Waals surface area contributed by atoms with Crippen LogP contribution in [0.5, 0.6) is 0 Å². The molecule has 0 saturated carbocycles. The molecule has 2 aliphatic heterocycles. The Morgan fingerprint density at radius 1 is 1.32 bits per heavy atom. The van der Waals surface area contributed by atoms with Gasteiger partial charge in [0.25, 0.3) is 0 Å². The van der Waals surface area contributed by atoms with Gasteiger partial charge in [0.1, 0.15) is 0 Å². The van der Waals surface area contributed by atoms with Crippen molar-refractivity contribution in [2.75, 3.05) is 44.7 Å². The highest BCUT2D eigenvalue weighted by Gasteiger charge is 2.25. The summed E-state index contributed by atoms with van der Waals surface area (Å²) < 4.78 is 0. The standard InChI is InChI=1S/C17H26N4.HI/c1-3-20-10-8-14(13-20)12-19-17(18-2)21-11-9-15-6-4-5-7-16(15)21;/h4-7,14H,3,8-13H2,1-2H3,(H,18,19);1H. The molecule has 0 aromatic heterocycles. The second-order valence-electron chi connectivity index (χ2n) is 6.01. The molecule has 0 bridgehead atoms. The van der Waals surface area contributed by atoms with Crippen LogP contribution >= 0.6 is 24.0 Å². The zero-order valence-corrected chi connectivity index (χ0v) is 15.9. The Labute approximate surface area is 151 Å². The van der Waals surface area contributed by atoms with Crippen LogP contribution in [0.25, 0.3) is 0 Å². The summed E-state index contributed by atoms with van der Waals surface area (Å²) in [6, 6.07) is 8.65. The normalized spacial score (nSPS) is 21.6. The second kappa shape index (κ2) is 8.15. The third-order valence-electron chi connectivity index (χ3n) is 4.72. The number of halogens is 1. The molecule has 0 amide bonds. The molecule has 1 unspecified atom stereocenters. The first-order valence-corrected chi connectivity index (χ1v) is 8.10. The lowest BCUT2D eigenvalue weighted by molar-refractivity contribution is 0.342. The van der Waals surface area contributed by atoms with Gasteiger partial charge in [0.2, 0.25) is 0 Å². The number of fused-ring (bicyclic) bond motifs is 1. The Hall–Kier alpha value is -0.820. The van der Waals surface area contributed by atoms with Crippen molar-refractivity contribution in [1.82, 2.24) is 10.2 Å². The highest BCUT2D eigenvalue weighted by atomic mass is 127. The van der Waals surface area contributed by atoms with E-state index in [0.29, 0.717) is 0 Å². The average molecular weight is 414 g/mol. The summed E-state index contributed by atoms with van der Waals surface area (Å²) in [6.45, 7) is 7.94. The summed E-state index contributed by atoms with van der Waals surface area (Å²) in [5.74, 6) is 1.77. The summed E-state index contributed by atoms with van der Waals surface area (Å²) in [4.78, 5) is 9.34. The minimum Gasteiger partial charge on any atom is -0.356 e. The third-order valence-corrected chi connectivity index (χ3v) is 4.72. The molecule has 0 radical (unpaired) electrons. The zero-order chi connectivity index (χ0) is 14.7. The number of hydrogen-bond acceptors (Lipinski definition) is 2. The lowest BCUT2D eigenvalue weighted by atomic mass is 10.1. The Bertz CT molecular complexity index is 517. The maximum atomic E-state index is 4.49. The topological polar surface area (TPSA) is 30.9 Å². The van der Waals surface area contributed by atoms with Crippen molar-refractivity contribution in [2.24, 2.45) is 10.9 Å². The van der Waals surface area contributed by atoms with E-state index in [9.17, 15) is 0 Å². The summed E-state index contributed by atoms with van der Waals surface area (Å²) in [7, 11) is 1.89. The Kier molecular flexibility index (Phi) is 6.50. The van der Waals surface area contributed by atoms with E-state index in [0.717, 1.165) is 31.4 Å². The number of benzene rings is 1. The van der Waals surface area contributed by atoms with Crippen LogP contribution in [-0.4, -0.2) is 50.6 Å². The number of nitrogens with zero attached hydrogens (tertiary/aromatic N) is 3. The summed E-state index contributed by atoms with van der Waals surface area (Å²) >= 11 is 0. The largest absolute Gasteiger partial charge is 0.356 e. The fourth-order valence-electron chi connectivity index (χ4n) is 3.46. The van der Waals surface area contributed by atoms with Gasteiger partial charge in [-0.15, -0.1) is 24.0 Å². The van der Waals surface area contributed by atoms with Crippen LogP contribution < -0.4 is 10.2 Å². The van der Waals surface area contributed by atoms with Crippen molar-refractivity contribution in [3.63, 3.8) is 0 Å². The first kappa shape index (κ1) is 17.5. The van der Waals surface area contributed by atoms with Gasteiger partial charge < -0.3 is 15.1 Å². The number of anilines is 1. The van der Waals surface area contributed by atoms with Crippen molar-refractivity contribution >= 4 is 35.6 Å². The van der Waals surface area contributed by atoms with Crippen LogP contribution in [0.15, 0.2) is 29.3 Å². The van der Waals surface area contributed by atoms with Crippen LogP contribution in [0, 0.1) is 5.92 Å². The average Bonchev–Trinajstić information content (AvgIpc) is 3.15. The molecule has 122 valence electrons. The maximum absolute atomic E-state index is 4.49. The smallest absolute Gasteiger partial charge is 0.198 e. The van der Waals surface area contributed by atoms with E-state index in [1.807, 2.05) is 7.05 Å². The van der Waals surface area contributed by atoms with E-state index in [-0.39, 0.29) is 24.0 Å². The van der Waals surface area contributed by atoms with Gasteiger partial charge in [-0.1, -0.05) is 25.1 Å². The van der Waals surface area contributed by atoms with Gasteiger partial charge in [-0.25, -0.2) is 0 Å². The van der Waals surface area contributed by atoms with E-state index in [2.05, 4.69) is 51.3 Å². The fraction of sp³-hybridized carbons (Fsp3) is 0.588. The molecule has 0 aliphatic carbocycles. The lowest BCUT2D eigenvalue weighted by Gasteiger charge is -2.23. The number of aliphatic imine (C=N–C) groups is 1. The molecule has 1 atom stereocenters. The van der Waals surface area contributed by atoms with Crippen molar-refractivity contribution in [3.8, 4) is 0 Å². The van der Waals surface area contributed by atoms with Crippen molar-refractivity contribution in [1.29, 1.82) is 0 Å². The molecule has 5 heteroatoms. The second-order valence-corrected chi connectivity index (χ2v) is 6.01. The van der Waals surface area contributed by atoms with Gasteiger partial charge in [0, 0.05) is 32.4 Å². The van der Waals surface area contributed by atoms with Crippen LogP contribution in [0.3, 0.4) is 0 Å². The van der Waals surface area contributed by atoms with Crippen LogP contribution in [-0.2, 0) is 6.42 Å². The van der Waals surface area contributed by atoms with Crippen LogP contribution in [0.2, 0.25) is 0 Å². The number of likely N-dealkylation sites (tertiary alicyclic amines) is 1. The Morgan fingerprint density at radius 3 is 2.86 bits per heavy atom. The Morgan fingerprint density at radius 2 is 2.14 bits per heavy atom. The summed E-state index contributed by atoms with van der Waals surface area (Å²) in [5, 5.41) is 3.59. The summed E-state index contributed by atoms with van der Waals surface area (Å²) in [6.07, 6.45) is 2.42. The Balaban J connectivity index is 0.00000176. The minimum absolute atomic E-state index is 0. The molecular weight excluding hydrogens is 387 g/mol.